The van der Waals surface area contributed by atoms with Gasteiger partial charge in [0.15, 0.2) is 0 Å². The van der Waals surface area contributed by atoms with Gasteiger partial charge in [-0.15, -0.1) is 5.54 Å². The van der Waals surface area contributed by atoms with Crippen molar-refractivity contribution in [3.8, 4) is 22.6 Å². The van der Waals surface area contributed by atoms with Crippen molar-refractivity contribution in [1.29, 1.82) is 0 Å². The lowest BCUT2D eigenvalue weighted by Gasteiger charge is -2.12. The first-order valence-corrected chi connectivity index (χ1v) is 10.8. The average molecular weight is 293 g/mol. The van der Waals surface area contributed by atoms with Crippen molar-refractivity contribution in [2.24, 2.45) is 0 Å². The summed E-state index contributed by atoms with van der Waals surface area (Å²) >= 11 is 0. The third-order valence-corrected chi connectivity index (χ3v) is 4.06. The predicted octanol–water partition coefficient (Wildman–Crippen LogP) is 4.65. The molecule has 0 bridgehead atoms. The number of rotatable bonds is 2. The van der Waals surface area contributed by atoms with Crippen molar-refractivity contribution in [3.63, 3.8) is 0 Å². The summed E-state index contributed by atoms with van der Waals surface area (Å²) in [6, 6.07) is 17.2. The van der Waals surface area contributed by atoms with E-state index in [9.17, 15) is 0 Å². The molecule has 0 unspecified atom stereocenters. The Morgan fingerprint density at radius 3 is 1.67 bits per heavy atom. The zero-order chi connectivity index (χ0) is 15.5. The van der Waals surface area contributed by atoms with Crippen LogP contribution in [0.25, 0.3) is 11.1 Å². The van der Waals surface area contributed by atoms with Crippen molar-refractivity contribution < 1.29 is 0 Å². The molecule has 0 atom stereocenters. The van der Waals surface area contributed by atoms with Crippen molar-refractivity contribution in [2.75, 3.05) is 19.0 Å². The molecule has 108 valence electrons. The maximum absolute atomic E-state index is 3.40. The van der Waals surface area contributed by atoms with Gasteiger partial charge in [-0.2, -0.15) is 0 Å². The molecule has 0 heterocycles. The average Bonchev–Trinajstić information content (AvgIpc) is 2.45. The van der Waals surface area contributed by atoms with Crippen molar-refractivity contribution in [3.05, 3.63) is 54.1 Å². The Morgan fingerprint density at radius 1 is 0.762 bits per heavy atom. The van der Waals surface area contributed by atoms with E-state index in [-0.39, 0.29) is 0 Å². The molecule has 0 radical (unpaired) electrons. The molecule has 0 spiro atoms. The number of benzene rings is 2. The number of anilines is 1. The fourth-order valence-electron chi connectivity index (χ4n) is 1.96. The highest BCUT2D eigenvalue weighted by molar-refractivity contribution is 6.83. The van der Waals surface area contributed by atoms with E-state index in [1.807, 2.05) is 0 Å². The molecule has 0 N–H and O–H groups in total. The lowest BCUT2D eigenvalue weighted by atomic mass is 10.0. The SMILES string of the molecule is CN(C)c1ccc(-c2ccc(C#C[Si](C)(C)C)cc2)cc1. The second-order valence-corrected chi connectivity index (χ2v) is 11.3. The van der Waals surface area contributed by atoms with Gasteiger partial charge in [-0.1, -0.05) is 49.8 Å². The molecular weight excluding hydrogens is 270 g/mol. The van der Waals surface area contributed by atoms with Crippen LogP contribution in [0.1, 0.15) is 5.56 Å². The molecule has 0 fully saturated rings. The molecule has 0 saturated heterocycles. The summed E-state index contributed by atoms with van der Waals surface area (Å²) in [5, 5.41) is 0. The molecule has 0 aliphatic heterocycles. The second kappa shape index (κ2) is 6.20. The Labute approximate surface area is 129 Å². The van der Waals surface area contributed by atoms with Gasteiger partial charge in [-0.05, 0) is 35.4 Å². The lowest BCUT2D eigenvalue weighted by molar-refractivity contribution is 1.13. The van der Waals surface area contributed by atoms with E-state index in [2.05, 4.69) is 98.6 Å². The highest BCUT2D eigenvalue weighted by atomic mass is 28.3. The Balaban J connectivity index is 2.20. The van der Waals surface area contributed by atoms with E-state index in [4.69, 9.17) is 0 Å². The number of hydrogen-bond donors (Lipinski definition) is 0. The van der Waals surface area contributed by atoms with E-state index < -0.39 is 8.07 Å². The Morgan fingerprint density at radius 2 is 1.24 bits per heavy atom. The second-order valence-electron chi connectivity index (χ2n) is 6.52. The van der Waals surface area contributed by atoms with E-state index in [1.165, 1.54) is 16.8 Å². The topological polar surface area (TPSA) is 3.24 Å². The van der Waals surface area contributed by atoms with Gasteiger partial charge >= 0.3 is 0 Å². The van der Waals surface area contributed by atoms with E-state index in [0.717, 1.165) is 5.56 Å². The monoisotopic (exact) mass is 293 g/mol. The molecule has 2 heteroatoms. The van der Waals surface area contributed by atoms with Crippen LogP contribution in [-0.4, -0.2) is 22.2 Å². The summed E-state index contributed by atoms with van der Waals surface area (Å²) < 4.78 is 0. The molecule has 0 aliphatic rings. The van der Waals surface area contributed by atoms with Gasteiger partial charge < -0.3 is 4.90 Å². The van der Waals surface area contributed by atoms with Gasteiger partial charge in [-0.3, -0.25) is 0 Å². The molecule has 2 aromatic carbocycles. The molecule has 1 nitrogen and oxygen atoms in total. The summed E-state index contributed by atoms with van der Waals surface area (Å²) in [5.74, 6) is 3.29. The van der Waals surface area contributed by atoms with Gasteiger partial charge in [0.05, 0.1) is 0 Å². The minimum absolute atomic E-state index is 1.10. The summed E-state index contributed by atoms with van der Waals surface area (Å²) in [5.41, 5.74) is 8.20. The van der Waals surface area contributed by atoms with Gasteiger partial charge in [0.25, 0.3) is 0 Å². The summed E-state index contributed by atoms with van der Waals surface area (Å²) in [6.07, 6.45) is 0. The quantitative estimate of drug-likeness (QED) is 0.575. The van der Waals surface area contributed by atoms with Crippen LogP contribution in [0.2, 0.25) is 19.6 Å². The fourth-order valence-corrected chi connectivity index (χ4v) is 2.48. The summed E-state index contributed by atoms with van der Waals surface area (Å²) in [7, 11) is 2.81. The van der Waals surface area contributed by atoms with E-state index in [1.54, 1.807) is 0 Å². The molecule has 0 amide bonds. The Hall–Kier alpha value is -1.98. The van der Waals surface area contributed by atoms with Gasteiger partial charge in [0.1, 0.15) is 8.07 Å². The summed E-state index contributed by atoms with van der Waals surface area (Å²) in [6.45, 7) is 6.79. The van der Waals surface area contributed by atoms with Crippen LogP contribution < -0.4 is 4.90 Å². The third kappa shape index (κ3) is 4.51. The van der Waals surface area contributed by atoms with Crippen molar-refractivity contribution in [1.82, 2.24) is 0 Å². The zero-order valence-electron chi connectivity index (χ0n) is 13.6. The fraction of sp³-hybridized carbons (Fsp3) is 0.263. The third-order valence-electron chi connectivity index (χ3n) is 3.18. The Bertz CT molecular complexity index is 650. The van der Waals surface area contributed by atoms with Crippen LogP contribution in [-0.2, 0) is 0 Å². The van der Waals surface area contributed by atoms with E-state index >= 15 is 0 Å². The highest BCUT2D eigenvalue weighted by Crippen LogP contribution is 2.22. The van der Waals surface area contributed by atoms with Crippen molar-refractivity contribution >= 4 is 13.8 Å². The van der Waals surface area contributed by atoms with Crippen LogP contribution in [0.4, 0.5) is 5.69 Å². The Kier molecular flexibility index (Phi) is 4.55. The molecule has 2 aromatic rings. The number of hydrogen-bond acceptors (Lipinski definition) is 1. The summed E-state index contributed by atoms with van der Waals surface area (Å²) in [4.78, 5) is 2.11. The van der Waals surface area contributed by atoms with Gasteiger partial charge in [0, 0.05) is 25.3 Å². The zero-order valence-corrected chi connectivity index (χ0v) is 14.6. The minimum atomic E-state index is -1.30. The van der Waals surface area contributed by atoms with Crippen LogP contribution in [0.5, 0.6) is 0 Å². The molecule has 21 heavy (non-hydrogen) atoms. The van der Waals surface area contributed by atoms with Crippen LogP contribution in [0, 0.1) is 11.5 Å². The van der Waals surface area contributed by atoms with Crippen LogP contribution >= 0.6 is 0 Å². The largest absolute Gasteiger partial charge is 0.378 e. The van der Waals surface area contributed by atoms with Crippen LogP contribution in [0.3, 0.4) is 0 Å². The van der Waals surface area contributed by atoms with Gasteiger partial charge in [-0.25, -0.2) is 0 Å². The van der Waals surface area contributed by atoms with Crippen LogP contribution in [0.15, 0.2) is 48.5 Å². The maximum Gasteiger partial charge on any atom is 0.129 e. The normalized spacial score (nSPS) is 10.7. The maximum atomic E-state index is 3.40. The van der Waals surface area contributed by atoms with Crippen molar-refractivity contribution in [2.45, 2.75) is 19.6 Å². The molecule has 0 aromatic heterocycles. The first-order valence-electron chi connectivity index (χ1n) is 7.26. The standard InChI is InChI=1S/C19H23NSi/c1-20(2)19-12-10-18(11-13-19)17-8-6-16(7-9-17)14-15-21(3,4)5/h6-13H,1-5H3. The van der Waals surface area contributed by atoms with E-state index in [0.29, 0.717) is 0 Å². The predicted molar refractivity (Wildman–Crippen MR) is 96.4 cm³/mol. The molecule has 0 saturated carbocycles. The number of nitrogens with zero attached hydrogens (tertiary/aromatic N) is 1. The lowest BCUT2D eigenvalue weighted by Crippen LogP contribution is -2.16. The smallest absolute Gasteiger partial charge is 0.129 e. The molecular formula is C19H23NSi. The highest BCUT2D eigenvalue weighted by Gasteiger charge is 2.07. The first-order chi connectivity index (χ1) is 9.85. The molecule has 2 rings (SSSR count). The van der Waals surface area contributed by atoms with Gasteiger partial charge in [0.2, 0.25) is 0 Å². The minimum Gasteiger partial charge on any atom is -0.378 e. The first kappa shape index (κ1) is 15.4. The molecule has 0 aliphatic carbocycles.